The van der Waals surface area contributed by atoms with E-state index in [4.69, 9.17) is 0 Å². The Morgan fingerprint density at radius 1 is 1.17 bits per heavy atom. The number of nitrogens with zero attached hydrogens (tertiary/aromatic N) is 1. The molecule has 1 N–H and O–H groups in total. The van der Waals surface area contributed by atoms with Crippen molar-refractivity contribution in [2.45, 2.75) is 38.6 Å². The third kappa shape index (κ3) is 4.14. The normalized spacial score (nSPS) is 22.2. The molecule has 1 aromatic carbocycles. The third-order valence-electron chi connectivity index (χ3n) is 5.33. The first-order valence-corrected chi connectivity index (χ1v) is 10.5. The van der Waals surface area contributed by atoms with Gasteiger partial charge >= 0.3 is 0 Å². The first-order chi connectivity index (χ1) is 10.9. The van der Waals surface area contributed by atoms with Crippen LogP contribution in [0.3, 0.4) is 0 Å². The molecule has 2 fully saturated rings. The van der Waals surface area contributed by atoms with E-state index in [-0.39, 0.29) is 0 Å². The highest BCUT2D eigenvalue weighted by molar-refractivity contribution is 7.88. The largest absolute Gasteiger partial charge is 0.309 e. The van der Waals surface area contributed by atoms with Gasteiger partial charge in [-0.2, -0.15) is 0 Å². The van der Waals surface area contributed by atoms with Gasteiger partial charge in [0.15, 0.2) is 0 Å². The first-order valence-electron chi connectivity index (χ1n) is 8.68. The molecule has 0 aromatic heterocycles. The number of aryl methyl sites for hydroxylation is 1. The highest BCUT2D eigenvalue weighted by atomic mass is 32.2. The van der Waals surface area contributed by atoms with Crippen LogP contribution in [0.2, 0.25) is 0 Å². The molecule has 1 saturated carbocycles. The molecule has 1 aliphatic heterocycles. The quantitative estimate of drug-likeness (QED) is 0.869. The summed E-state index contributed by atoms with van der Waals surface area (Å²) < 4.78 is 24.5. The molecule has 1 heterocycles. The number of nitrogens with one attached hydrogen (secondary N) is 1. The predicted octanol–water partition coefficient (Wildman–Crippen LogP) is 2.71. The molecule has 3 rings (SSSR count). The molecule has 1 aliphatic carbocycles. The van der Waals surface area contributed by atoms with Gasteiger partial charge in [-0.3, -0.25) is 0 Å². The van der Waals surface area contributed by atoms with Crippen molar-refractivity contribution in [2.24, 2.45) is 11.8 Å². The fourth-order valence-electron chi connectivity index (χ4n) is 3.84. The van der Waals surface area contributed by atoms with E-state index in [1.165, 1.54) is 43.1 Å². The average Bonchev–Trinajstić information content (AvgIpc) is 2.95. The van der Waals surface area contributed by atoms with Gasteiger partial charge in [-0.1, -0.05) is 42.7 Å². The van der Waals surface area contributed by atoms with E-state index in [1.807, 2.05) is 0 Å². The molecular formula is C18H28N2O2S. The molecule has 0 amide bonds. The molecular weight excluding hydrogens is 308 g/mol. The van der Waals surface area contributed by atoms with Crippen molar-refractivity contribution in [1.29, 1.82) is 0 Å². The Morgan fingerprint density at radius 3 is 2.35 bits per heavy atom. The fraction of sp³-hybridized carbons (Fsp3) is 0.667. The minimum absolute atomic E-state index is 0.408. The van der Waals surface area contributed by atoms with Gasteiger partial charge in [0, 0.05) is 25.7 Å². The van der Waals surface area contributed by atoms with Crippen LogP contribution in [-0.4, -0.2) is 38.6 Å². The van der Waals surface area contributed by atoms with Crippen LogP contribution in [0.5, 0.6) is 0 Å². The van der Waals surface area contributed by atoms with Crippen LogP contribution in [0.1, 0.15) is 42.9 Å². The molecule has 0 bridgehead atoms. The van der Waals surface area contributed by atoms with Crippen LogP contribution in [0.25, 0.3) is 0 Å². The van der Waals surface area contributed by atoms with Crippen LogP contribution < -0.4 is 5.32 Å². The lowest BCUT2D eigenvalue weighted by atomic mass is 9.90. The number of benzene rings is 1. The Labute approximate surface area is 140 Å². The second kappa shape index (κ2) is 6.91. The van der Waals surface area contributed by atoms with Crippen LogP contribution >= 0.6 is 0 Å². The van der Waals surface area contributed by atoms with Gasteiger partial charge in [-0.25, -0.2) is 12.7 Å². The van der Waals surface area contributed by atoms with E-state index in [1.54, 1.807) is 4.31 Å². The van der Waals surface area contributed by atoms with E-state index in [0.29, 0.717) is 31.0 Å². The van der Waals surface area contributed by atoms with Gasteiger partial charge in [0.2, 0.25) is 10.0 Å². The van der Waals surface area contributed by atoms with E-state index >= 15 is 0 Å². The summed E-state index contributed by atoms with van der Waals surface area (Å²) in [6.07, 6.45) is 6.56. The topological polar surface area (TPSA) is 49.4 Å². The summed E-state index contributed by atoms with van der Waals surface area (Å²) in [7, 11) is -3.00. The summed E-state index contributed by atoms with van der Waals surface area (Å²) in [5, 5.41) is 3.75. The van der Waals surface area contributed by atoms with Crippen molar-refractivity contribution in [3.8, 4) is 0 Å². The molecule has 0 spiro atoms. The zero-order valence-electron chi connectivity index (χ0n) is 14.2. The molecule has 5 heteroatoms. The van der Waals surface area contributed by atoms with Gasteiger partial charge in [-0.05, 0) is 37.2 Å². The van der Waals surface area contributed by atoms with E-state index in [2.05, 4.69) is 36.5 Å². The van der Waals surface area contributed by atoms with E-state index in [9.17, 15) is 8.42 Å². The van der Waals surface area contributed by atoms with Gasteiger partial charge in [0.05, 0.1) is 6.26 Å². The van der Waals surface area contributed by atoms with E-state index in [0.717, 1.165) is 6.54 Å². The number of hydrogen-bond donors (Lipinski definition) is 1. The summed E-state index contributed by atoms with van der Waals surface area (Å²) in [4.78, 5) is 0. The van der Waals surface area contributed by atoms with Crippen molar-refractivity contribution >= 4 is 10.0 Å². The van der Waals surface area contributed by atoms with Gasteiger partial charge < -0.3 is 5.32 Å². The fourth-order valence-corrected chi connectivity index (χ4v) is 4.80. The molecule has 128 valence electrons. The van der Waals surface area contributed by atoms with Crippen molar-refractivity contribution in [3.63, 3.8) is 0 Å². The summed E-state index contributed by atoms with van der Waals surface area (Å²) in [5.41, 5.74) is 2.67. The van der Waals surface area contributed by atoms with Gasteiger partial charge in [-0.15, -0.1) is 0 Å². The summed E-state index contributed by atoms with van der Waals surface area (Å²) in [6.45, 7) is 4.35. The second-order valence-electron chi connectivity index (χ2n) is 7.29. The minimum Gasteiger partial charge on any atom is -0.309 e. The predicted molar refractivity (Wildman–Crippen MR) is 93.8 cm³/mol. The molecule has 1 unspecified atom stereocenters. The Morgan fingerprint density at radius 2 is 1.78 bits per heavy atom. The van der Waals surface area contributed by atoms with Crippen molar-refractivity contribution < 1.29 is 8.42 Å². The smallest absolute Gasteiger partial charge is 0.211 e. The Hall–Kier alpha value is -0.910. The van der Waals surface area contributed by atoms with Crippen LogP contribution in [0.15, 0.2) is 24.3 Å². The highest BCUT2D eigenvalue weighted by Gasteiger charge is 2.34. The maximum atomic E-state index is 11.5. The number of rotatable bonds is 6. The molecule has 23 heavy (non-hydrogen) atoms. The van der Waals surface area contributed by atoms with Gasteiger partial charge in [0.25, 0.3) is 0 Å². The first kappa shape index (κ1) is 16.9. The minimum atomic E-state index is -3.00. The number of sulfonamides is 1. The van der Waals surface area contributed by atoms with Crippen molar-refractivity contribution in [2.75, 3.05) is 25.9 Å². The SMILES string of the molecule is Cc1ccc(C(NCC2CN(S(C)(=O)=O)C2)C2CCCC2)cc1. The lowest BCUT2D eigenvalue weighted by Gasteiger charge is -2.38. The number of hydrogen-bond acceptors (Lipinski definition) is 3. The Bertz CT molecular complexity index is 615. The maximum Gasteiger partial charge on any atom is 0.211 e. The van der Waals surface area contributed by atoms with Crippen LogP contribution in [0, 0.1) is 18.8 Å². The van der Waals surface area contributed by atoms with Crippen LogP contribution in [-0.2, 0) is 10.0 Å². The van der Waals surface area contributed by atoms with Gasteiger partial charge in [0.1, 0.15) is 0 Å². The zero-order chi connectivity index (χ0) is 16.4. The van der Waals surface area contributed by atoms with Crippen molar-refractivity contribution in [1.82, 2.24) is 9.62 Å². The monoisotopic (exact) mass is 336 g/mol. The van der Waals surface area contributed by atoms with Crippen molar-refractivity contribution in [3.05, 3.63) is 35.4 Å². The second-order valence-corrected chi connectivity index (χ2v) is 9.27. The lowest BCUT2D eigenvalue weighted by molar-refractivity contribution is 0.186. The summed E-state index contributed by atoms with van der Waals surface area (Å²) in [6, 6.07) is 9.27. The summed E-state index contributed by atoms with van der Waals surface area (Å²) >= 11 is 0. The highest BCUT2D eigenvalue weighted by Crippen LogP contribution is 2.36. The standard InChI is InChI=1S/C18H28N2O2S/c1-14-7-9-17(10-8-14)18(16-5-3-4-6-16)19-11-15-12-20(13-15)23(2,21)22/h7-10,15-16,18-19H,3-6,11-13H2,1-2H3. The summed E-state index contributed by atoms with van der Waals surface area (Å²) in [5.74, 6) is 1.16. The third-order valence-corrected chi connectivity index (χ3v) is 6.56. The van der Waals surface area contributed by atoms with E-state index < -0.39 is 10.0 Å². The molecule has 0 radical (unpaired) electrons. The average molecular weight is 337 g/mol. The Kier molecular flexibility index (Phi) is 5.09. The molecule has 1 aromatic rings. The molecule has 4 nitrogen and oxygen atoms in total. The maximum absolute atomic E-state index is 11.5. The zero-order valence-corrected chi connectivity index (χ0v) is 15.0. The molecule has 2 aliphatic rings. The molecule has 1 saturated heterocycles. The lowest BCUT2D eigenvalue weighted by Crippen LogP contribution is -2.53. The molecule has 1 atom stereocenters. The Balaban J connectivity index is 1.60. The van der Waals surface area contributed by atoms with Crippen LogP contribution in [0.4, 0.5) is 0 Å².